The molecule has 539 valence electrons. The van der Waals surface area contributed by atoms with E-state index in [0.717, 1.165) is 117 Å². The average molecular weight is 1590 g/mol. The smallest absolute Gasteiger partial charge is 1.00 e. The monoisotopic (exact) mass is 1580 g/mol. The molecule has 6 aromatic carbocycles. The van der Waals surface area contributed by atoms with Crippen molar-refractivity contribution in [2.45, 2.75) is 62.4 Å². The van der Waals surface area contributed by atoms with Crippen LogP contribution in [0.2, 0.25) is 0 Å². The maximum atomic E-state index is 13.4. The summed E-state index contributed by atoms with van der Waals surface area (Å²) in [6.07, 6.45) is 15.0. The summed E-state index contributed by atoms with van der Waals surface area (Å²) in [4.78, 5) is 79.4. The van der Waals surface area contributed by atoms with Gasteiger partial charge < -0.3 is 41.6 Å². The molecule has 6 aromatic heterocycles. The van der Waals surface area contributed by atoms with Crippen molar-refractivity contribution >= 4 is 42.4 Å². The van der Waals surface area contributed by atoms with Crippen molar-refractivity contribution in [3.05, 3.63) is 271 Å². The van der Waals surface area contributed by atoms with Gasteiger partial charge in [0, 0.05) is 97.7 Å². The number of aliphatic hydroxyl groups is 1. The molecule has 3 aliphatic heterocycles. The predicted molar refractivity (Wildman–Crippen MR) is 392 cm³/mol. The normalized spacial score (nSPS) is 14.0. The first-order chi connectivity index (χ1) is 50.9. The molecule has 0 aliphatic carbocycles. The number of halogens is 4. The molecule has 15 rings (SSSR count). The fraction of sp³-hybridized carbons (Fsp3) is 0.241. The van der Waals surface area contributed by atoms with Gasteiger partial charge in [0.15, 0.2) is 46.1 Å². The standard InChI is InChI=1S/C26H25FN4O2.C26H23FN4O2.C18H17FN4O.C8H7BrO.CH2O3.B.2K.Na.2H/c2*27-21-9-7-20(8-10-21)26-30-23(25-28-13-4-14-29-25)24(33-26)19-11-15-31(16-12-19)17-22(32)18-5-2-1-3-6-18;19-14-4-2-13(3-5-14)18-23-15(17-21-8-1-9-22-17)16(24-18)12-6-10-20-11-7-12;9-6-8(10)7-4-2-1-3-5-7;2-1-4-3;;;;;;/h1-10,13-14,19,22,32H,11-12,15-17H2;1-10,13-14,19H,11-12,15-17H2;1-5,8-9,12,20H,6-7,10-11H2;1-5H,6H2;1,3H;;;;;;/q;;;;;;3*+1;2*-1/p-1. The second kappa shape index (κ2) is 46.3. The fourth-order valence-corrected chi connectivity index (χ4v) is 12.5. The number of benzene rings is 6. The molecule has 29 heteroatoms. The van der Waals surface area contributed by atoms with E-state index in [1.807, 2.05) is 91.0 Å². The first kappa shape index (κ1) is 88.6. The van der Waals surface area contributed by atoms with Gasteiger partial charge in [0.05, 0.1) is 18.0 Å². The number of hydrogen-bond acceptors (Lipinski definition) is 21. The third kappa shape index (κ3) is 25.5. The van der Waals surface area contributed by atoms with Crippen molar-refractivity contribution in [2.75, 3.05) is 57.7 Å². The second-order valence-corrected chi connectivity index (χ2v) is 25.0. The summed E-state index contributed by atoms with van der Waals surface area (Å²) in [6, 6.07) is 52.0. The summed E-state index contributed by atoms with van der Waals surface area (Å²) >= 11 is 3.10. The number of aromatic nitrogens is 9. The molecular formula is C79H75BBrF3K2N12NaO9. The van der Waals surface area contributed by atoms with Crippen LogP contribution in [0.3, 0.4) is 0 Å². The van der Waals surface area contributed by atoms with E-state index in [9.17, 15) is 27.9 Å². The molecule has 3 radical (unpaired) electrons. The number of oxazole rings is 3. The number of hydrogen-bond donors (Lipinski definition) is 2. The van der Waals surface area contributed by atoms with Crippen LogP contribution >= 0.6 is 15.9 Å². The summed E-state index contributed by atoms with van der Waals surface area (Å²) in [6.45, 7) is 5.98. The second-order valence-electron chi connectivity index (χ2n) is 24.4. The number of likely N-dealkylation sites (tertiary alicyclic amines) is 2. The van der Waals surface area contributed by atoms with Gasteiger partial charge in [-0.2, -0.15) is 0 Å². The maximum Gasteiger partial charge on any atom is 1.00 e. The van der Waals surface area contributed by atoms with Gasteiger partial charge in [0.2, 0.25) is 17.7 Å². The van der Waals surface area contributed by atoms with Gasteiger partial charge in [-0.3, -0.25) is 19.3 Å². The molecule has 2 N–H and O–H groups in total. The Bertz CT molecular complexity index is 4640. The van der Waals surface area contributed by atoms with Gasteiger partial charge in [-0.05, 0) is 174 Å². The zero-order valence-electron chi connectivity index (χ0n) is 62.0. The number of alkyl halides is 1. The Morgan fingerprint density at radius 3 is 1.16 bits per heavy atom. The minimum Gasteiger partial charge on any atom is -1.00 e. The van der Waals surface area contributed by atoms with Crippen molar-refractivity contribution in [1.82, 2.24) is 60.0 Å². The third-order valence-electron chi connectivity index (χ3n) is 17.5. The molecule has 9 heterocycles. The Labute approximate surface area is 744 Å². The van der Waals surface area contributed by atoms with E-state index in [1.54, 1.807) is 91.8 Å². The molecule has 3 aliphatic rings. The van der Waals surface area contributed by atoms with Crippen LogP contribution in [0.4, 0.5) is 13.2 Å². The molecule has 0 bridgehead atoms. The van der Waals surface area contributed by atoms with Crippen molar-refractivity contribution in [2.24, 2.45) is 0 Å². The zero-order valence-corrected chi connectivity index (χ0v) is 69.8. The summed E-state index contributed by atoms with van der Waals surface area (Å²) in [7, 11) is 0. The zero-order chi connectivity index (χ0) is 72.4. The number of aliphatic hydroxyl groups excluding tert-OH is 1. The molecule has 0 saturated carbocycles. The first-order valence-electron chi connectivity index (χ1n) is 33.9. The van der Waals surface area contributed by atoms with Crippen LogP contribution in [0.15, 0.2) is 232 Å². The topological polar surface area (TPSA) is 278 Å². The largest absolute Gasteiger partial charge is 1.00 e. The maximum absolute atomic E-state index is 13.4. The first-order valence-corrected chi connectivity index (χ1v) is 35.0. The summed E-state index contributed by atoms with van der Waals surface area (Å²) in [5, 5.41) is 22.8. The molecule has 21 nitrogen and oxygen atoms in total. The molecule has 0 spiro atoms. The summed E-state index contributed by atoms with van der Waals surface area (Å²) in [5.41, 5.74) is 6.53. The fourth-order valence-electron chi connectivity index (χ4n) is 12.2. The summed E-state index contributed by atoms with van der Waals surface area (Å²) in [5.74, 6) is 5.20. The van der Waals surface area contributed by atoms with Gasteiger partial charge in [-0.15, -0.1) is 0 Å². The minimum absolute atomic E-state index is 0. The SMILES string of the molecule is Fc1ccc(-c2nc(-c3ncccn3)c(C3CCNCC3)o2)cc1.O=C(CBr)c1ccccc1.O=C(CN1CCC(c2oc(-c3ccc(F)cc3)nc2-c2ncccn2)CC1)c1ccccc1.O=CO[O-].OC(CN1CCC(c2oc(-c3ccc(F)cc3)nc2-c2ncccn2)CC1)c1ccccc1.[B].[H-].[H-].[K+].[K+].[Na+]. The van der Waals surface area contributed by atoms with Gasteiger partial charge in [-0.25, -0.2) is 58.0 Å². The van der Waals surface area contributed by atoms with Gasteiger partial charge in [0.25, 0.3) is 6.47 Å². The van der Waals surface area contributed by atoms with Crippen LogP contribution in [0.5, 0.6) is 0 Å². The molecule has 3 saturated heterocycles. The number of carbonyl (C=O) groups is 3. The van der Waals surface area contributed by atoms with Crippen LogP contribution in [-0.4, -0.2) is 144 Å². The number of ketones is 2. The van der Waals surface area contributed by atoms with Crippen molar-refractivity contribution in [1.29, 1.82) is 0 Å². The molecule has 108 heavy (non-hydrogen) atoms. The van der Waals surface area contributed by atoms with Crippen LogP contribution in [-0.2, 0) is 9.68 Å². The van der Waals surface area contributed by atoms with E-state index >= 15 is 0 Å². The van der Waals surface area contributed by atoms with Crippen LogP contribution in [0.25, 0.3) is 68.9 Å². The van der Waals surface area contributed by atoms with Crippen LogP contribution in [0.1, 0.15) is 109 Å². The third-order valence-corrected chi connectivity index (χ3v) is 18.0. The van der Waals surface area contributed by atoms with Crippen LogP contribution < -0.4 is 143 Å². The van der Waals surface area contributed by atoms with E-state index in [1.165, 1.54) is 36.4 Å². The number of nitrogens with one attached hydrogen (secondary N) is 1. The Balaban J connectivity index is 0.000000267. The van der Waals surface area contributed by atoms with Crippen molar-refractivity contribution in [3.63, 3.8) is 0 Å². The number of Topliss-reactive ketones (excluding diaryl/α,β-unsaturated/α-hetero) is 2. The van der Waals surface area contributed by atoms with Crippen LogP contribution in [0, 0.1) is 17.5 Å². The molecule has 3 fully saturated rings. The van der Waals surface area contributed by atoms with Crippen molar-refractivity contribution < 1.29 is 191 Å². The molecule has 1 atom stereocenters. The average Bonchev–Trinajstić information content (AvgIpc) is 1.66. The predicted octanol–water partition coefficient (Wildman–Crippen LogP) is 4.81. The summed E-state index contributed by atoms with van der Waals surface area (Å²) < 4.78 is 58.5. The van der Waals surface area contributed by atoms with Gasteiger partial charge in [0.1, 0.15) is 34.7 Å². The molecular weight excluding hydrogens is 1510 g/mol. The molecule has 0 amide bonds. The minimum atomic E-state index is -0.508. The van der Waals surface area contributed by atoms with Gasteiger partial charge in [-0.1, -0.05) is 107 Å². The Hall–Kier alpha value is -6.59. The Kier molecular flexibility index (Phi) is 38.0. The Morgan fingerprint density at radius 2 is 0.824 bits per heavy atom. The number of nitrogens with zero attached hydrogens (tertiary/aromatic N) is 11. The number of carbonyl (C=O) groups excluding carboxylic acids is 3. The van der Waals surface area contributed by atoms with Gasteiger partial charge >= 0.3 is 132 Å². The van der Waals surface area contributed by atoms with E-state index < -0.39 is 6.10 Å². The molecule has 1 unspecified atom stereocenters. The number of β-amino-alcohol motifs (C(OH)–C–C–N with tert-alkyl or cyclic N) is 1. The number of piperidine rings is 3. The quantitative estimate of drug-likeness (QED) is 0.0291. The van der Waals surface area contributed by atoms with E-state index in [4.69, 9.17) is 28.3 Å². The van der Waals surface area contributed by atoms with Crippen molar-refractivity contribution in [3.8, 4) is 68.9 Å². The van der Waals surface area contributed by atoms with E-state index in [0.29, 0.717) is 81.8 Å². The molecule has 12 aromatic rings. The van der Waals surface area contributed by atoms with E-state index in [2.05, 4.69) is 75.8 Å². The number of rotatable bonds is 18. The Morgan fingerprint density at radius 1 is 0.509 bits per heavy atom. The van der Waals surface area contributed by atoms with E-state index in [-0.39, 0.29) is 197 Å².